The highest BCUT2D eigenvalue weighted by atomic mass is 16.6. The Morgan fingerprint density at radius 2 is 1.89 bits per heavy atom. The minimum atomic E-state index is -0.692. The van der Waals surface area contributed by atoms with Gasteiger partial charge in [-0.05, 0) is 0 Å². The Kier molecular flexibility index (Phi) is 3.64. The van der Waals surface area contributed by atoms with E-state index in [2.05, 4.69) is 9.72 Å². The molecule has 12 nitrogen and oxygen atoms in total. The molecule has 0 N–H and O–H groups in total. The van der Waals surface area contributed by atoms with E-state index in [0.717, 1.165) is 9.47 Å². The fourth-order valence-electron chi connectivity index (χ4n) is 3.30. The predicted molar refractivity (Wildman–Crippen MR) is 88.8 cm³/mol. The van der Waals surface area contributed by atoms with E-state index in [-0.39, 0.29) is 43.3 Å². The molecule has 2 fully saturated rings. The number of fused-ring (bicyclic) bond motifs is 1. The van der Waals surface area contributed by atoms with Crippen molar-refractivity contribution in [1.29, 1.82) is 0 Å². The topological polar surface area (TPSA) is 129 Å². The van der Waals surface area contributed by atoms with Crippen LogP contribution in [0.1, 0.15) is 0 Å². The molecular weight excluding hydrogens is 360 g/mol. The van der Waals surface area contributed by atoms with Gasteiger partial charge in [-0.15, -0.1) is 0 Å². The summed E-state index contributed by atoms with van der Waals surface area (Å²) in [6.07, 6.45) is 0.643. The van der Waals surface area contributed by atoms with Gasteiger partial charge in [-0.3, -0.25) is 23.5 Å². The summed E-state index contributed by atoms with van der Waals surface area (Å²) in [6, 6.07) is -0.398. The van der Waals surface area contributed by atoms with E-state index in [1.165, 1.54) is 34.5 Å². The average molecular weight is 376 g/mol. The summed E-state index contributed by atoms with van der Waals surface area (Å²) in [7, 11) is 2.85. The molecule has 0 aromatic carbocycles. The molecule has 0 spiro atoms. The molecule has 2 aromatic heterocycles. The van der Waals surface area contributed by atoms with Crippen LogP contribution in [0.5, 0.6) is 0 Å². The largest absolute Gasteiger partial charge is 0.439 e. The van der Waals surface area contributed by atoms with Crippen LogP contribution >= 0.6 is 0 Å². The maximum absolute atomic E-state index is 12.5. The van der Waals surface area contributed by atoms with Gasteiger partial charge in [0.2, 0.25) is 5.91 Å². The zero-order chi connectivity index (χ0) is 19.5. The van der Waals surface area contributed by atoms with Crippen molar-refractivity contribution in [2.45, 2.75) is 12.6 Å². The maximum atomic E-state index is 12.5. The first kappa shape index (κ1) is 17.0. The molecule has 0 saturated carbocycles. The lowest BCUT2D eigenvalue weighted by Gasteiger charge is -2.42. The number of amides is 3. The molecular formula is C15H16N6O6. The summed E-state index contributed by atoms with van der Waals surface area (Å²) in [6.45, 7) is 0.00692. The van der Waals surface area contributed by atoms with E-state index in [1.54, 1.807) is 0 Å². The van der Waals surface area contributed by atoms with Crippen molar-refractivity contribution in [3.63, 3.8) is 0 Å². The summed E-state index contributed by atoms with van der Waals surface area (Å²) >= 11 is 0. The zero-order valence-electron chi connectivity index (χ0n) is 14.6. The number of cyclic esters (lactones) is 1. The van der Waals surface area contributed by atoms with E-state index in [1.807, 2.05) is 0 Å². The number of aromatic nitrogens is 4. The summed E-state index contributed by atoms with van der Waals surface area (Å²) < 4.78 is 8.25. The highest BCUT2D eigenvalue weighted by Crippen LogP contribution is 2.20. The summed E-state index contributed by atoms with van der Waals surface area (Å²) in [5.41, 5.74) is -0.687. The van der Waals surface area contributed by atoms with E-state index in [9.17, 15) is 24.0 Å². The Morgan fingerprint density at radius 3 is 2.52 bits per heavy atom. The molecule has 0 atom stereocenters. The van der Waals surface area contributed by atoms with Crippen LogP contribution in [-0.2, 0) is 35.0 Å². The molecule has 2 aromatic rings. The minimum absolute atomic E-state index is 0.144. The number of carbonyl (C=O) groups is 3. The van der Waals surface area contributed by atoms with Crippen LogP contribution in [0, 0.1) is 0 Å². The second kappa shape index (κ2) is 5.79. The third-order valence-electron chi connectivity index (χ3n) is 4.89. The Morgan fingerprint density at radius 1 is 1.19 bits per heavy atom. The number of ether oxygens (including phenoxy) is 1. The summed E-state index contributed by atoms with van der Waals surface area (Å²) in [5, 5.41) is 0. The third-order valence-corrected chi connectivity index (χ3v) is 4.89. The van der Waals surface area contributed by atoms with Crippen molar-refractivity contribution in [2.24, 2.45) is 14.1 Å². The minimum Gasteiger partial charge on any atom is -0.439 e. The van der Waals surface area contributed by atoms with Crippen LogP contribution in [0.2, 0.25) is 0 Å². The molecule has 2 aliphatic rings. The molecule has 4 heterocycles. The molecule has 0 unspecified atom stereocenters. The van der Waals surface area contributed by atoms with Gasteiger partial charge in [-0.1, -0.05) is 0 Å². The fourth-order valence-corrected chi connectivity index (χ4v) is 3.30. The molecule has 2 saturated heterocycles. The molecule has 12 heteroatoms. The Bertz CT molecular complexity index is 1090. The van der Waals surface area contributed by atoms with Crippen LogP contribution in [0.3, 0.4) is 0 Å². The number of imide groups is 1. The molecule has 4 rings (SSSR count). The highest BCUT2D eigenvalue weighted by Gasteiger charge is 2.44. The van der Waals surface area contributed by atoms with Gasteiger partial charge < -0.3 is 14.2 Å². The maximum Gasteiger partial charge on any atom is 0.417 e. The van der Waals surface area contributed by atoms with Crippen LogP contribution < -0.4 is 11.2 Å². The van der Waals surface area contributed by atoms with Crippen molar-refractivity contribution in [2.75, 3.05) is 19.7 Å². The number of rotatable bonds is 3. The first-order valence-electron chi connectivity index (χ1n) is 8.17. The quantitative estimate of drug-likeness (QED) is 0.585. The normalized spacial score (nSPS) is 17.6. The van der Waals surface area contributed by atoms with Crippen molar-refractivity contribution < 1.29 is 19.1 Å². The predicted octanol–water partition coefficient (Wildman–Crippen LogP) is -2.38. The van der Waals surface area contributed by atoms with Crippen molar-refractivity contribution in [3.05, 3.63) is 27.2 Å². The Balaban J connectivity index is 1.52. The first-order valence-corrected chi connectivity index (χ1v) is 8.17. The number of hydrogen-bond acceptors (Lipinski definition) is 7. The standard InChI is InChI=1S/C15H16N6O6/c1-17-12-11(13(24)18(2)14(17)25)20(7-16-12)5-9(22)19-3-8(4-19)21-10(23)6-27-15(21)26/h7-8H,3-6H2,1-2H3. The van der Waals surface area contributed by atoms with Crippen LogP contribution in [-0.4, -0.2) is 72.1 Å². The average Bonchev–Trinajstić information content (AvgIpc) is 3.15. The zero-order valence-corrected chi connectivity index (χ0v) is 14.6. The lowest BCUT2D eigenvalue weighted by Crippen LogP contribution is -2.62. The summed E-state index contributed by atoms with van der Waals surface area (Å²) in [4.78, 5) is 66.5. The van der Waals surface area contributed by atoms with Gasteiger partial charge in [0, 0.05) is 27.2 Å². The number of aryl methyl sites for hydroxylation is 1. The third kappa shape index (κ3) is 2.44. The number of carbonyl (C=O) groups excluding carboxylic acids is 3. The second-order valence-corrected chi connectivity index (χ2v) is 6.52. The van der Waals surface area contributed by atoms with Crippen LogP contribution in [0.25, 0.3) is 11.2 Å². The van der Waals surface area contributed by atoms with Gasteiger partial charge in [-0.2, -0.15) is 0 Å². The van der Waals surface area contributed by atoms with Gasteiger partial charge in [0.15, 0.2) is 17.8 Å². The molecule has 142 valence electrons. The molecule has 0 aliphatic carbocycles. The van der Waals surface area contributed by atoms with Gasteiger partial charge in [-0.25, -0.2) is 19.5 Å². The van der Waals surface area contributed by atoms with E-state index in [4.69, 9.17) is 0 Å². The Labute approximate surface area is 151 Å². The van der Waals surface area contributed by atoms with Crippen molar-refractivity contribution in [3.8, 4) is 0 Å². The van der Waals surface area contributed by atoms with Gasteiger partial charge in [0.25, 0.3) is 11.5 Å². The van der Waals surface area contributed by atoms with E-state index < -0.39 is 29.3 Å². The molecule has 27 heavy (non-hydrogen) atoms. The van der Waals surface area contributed by atoms with Gasteiger partial charge in [0.05, 0.1) is 12.4 Å². The SMILES string of the molecule is Cn1c(=O)c2c(ncn2CC(=O)N2CC(N3C(=O)COC3=O)C2)n(C)c1=O. The first-order chi connectivity index (χ1) is 12.8. The molecule has 3 amide bonds. The lowest BCUT2D eigenvalue weighted by molar-refractivity contribution is -0.142. The number of hydrogen-bond donors (Lipinski definition) is 0. The molecule has 0 bridgehead atoms. The number of nitrogens with zero attached hydrogens (tertiary/aromatic N) is 6. The number of imidazole rings is 1. The van der Waals surface area contributed by atoms with E-state index in [0.29, 0.717) is 0 Å². The van der Waals surface area contributed by atoms with E-state index >= 15 is 0 Å². The van der Waals surface area contributed by atoms with Gasteiger partial charge in [0.1, 0.15) is 6.54 Å². The highest BCUT2D eigenvalue weighted by molar-refractivity contribution is 5.98. The number of likely N-dealkylation sites (tertiary alicyclic amines) is 1. The summed E-state index contributed by atoms with van der Waals surface area (Å²) in [5.74, 6) is -0.705. The van der Waals surface area contributed by atoms with Crippen molar-refractivity contribution in [1.82, 2.24) is 28.5 Å². The molecule has 2 aliphatic heterocycles. The second-order valence-electron chi connectivity index (χ2n) is 6.52. The monoisotopic (exact) mass is 376 g/mol. The van der Waals surface area contributed by atoms with Crippen LogP contribution in [0.15, 0.2) is 15.9 Å². The van der Waals surface area contributed by atoms with Crippen molar-refractivity contribution >= 4 is 29.1 Å². The van der Waals surface area contributed by atoms with Gasteiger partial charge >= 0.3 is 11.8 Å². The van der Waals surface area contributed by atoms with Crippen LogP contribution in [0.4, 0.5) is 4.79 Å². The Hall–Kier alpha value is -3.44. The fraction of sp³-hybridized carbons (Fsp3) is 0.467. The smallest absolute Gasteiger partial charge is 0.417 e. The molecule has 0 radical (unpaired) electrons. The lowest BCUT2D eigenvalue weighted by atomic mass is 10.1.